The number of thioether (sulfide) groups is 1. The van der Waals surface area contributed by atoms with Crippen LogP contribution < -0.4 is 9.64 Å². The number of fused-ring (bicyclic) bond motifs is 1. The molecule has 1 aliphatic heterocycles. The molecule has 2 amide bonds. The van der Waals surface area contributed by atoms with E-state index in [0.717, 1.165) is 22.1 Å². The van der Waals surface area contributed by atoms with Gasteiger partial charge >= 0.3 is 0 Å². The number of carbonyl (C=O) groups is 2. The number of imide groups is 1. The summed E-state index contributed by atoms with van der Waals surface area (Å²) in [7, 11) is 0. The molecule has 1 aliphatic rings. The molecule has 0 aliphatic carbocycles. The van der Waals surface area contributed by atoms with Gasteiger partial charge in [-0.25, -0.2) is 4.90 Å². The van der Waals surface area contributed by atoms with Crippen molar-refractivity contribution in [2.45, 2.75) is 26.0 Å². The van der Waals surface area contributed by atoms with Gasteiger partial charge in [0.15, 0.2) is 0 Å². The molecule has 0 atom stereocenters. The van der Waals surface area contributed by atoms with Crippen molar-refractivity contribution in [1.82, 2.24) is 0 Å². The Morgan fingerprint density at radius 2 is 1.60 bits per heavy atom. The molecule has 0 bridgehead atoms. The van der Waals surface area contributed by atoms with Crippen molar-refractivity contribution in [1.29, 1.82) is 0 Å². The van der Waals surface area contributed by atoms with Crippen molar-refractivity contribution in [2.75, 3.05) is 11.5 Å². The van der Waals surface area contributed by atoms with Crippen LogP contribution in [-0.4, -0.2) is 23.7 Å². The van der Waals surface area contributed by atoms with E-state index in [2.05, 4.69) is 0 Å². The lowest BCUT2D eigenvalue weighted by Crippen LogP contribution is -2.31. The van der Waals surface area contributed by atoms with Crippen LogP contribution in [-0.2, 0) is 9.59 Å². The second-order valence-electron chi connectivity index (χ2n) is 7.27. The first kappa shape index (κ1) is 20.2. The summed E-state index contributed by atoms with van der Waals surface area (Å²) < 4.78 is 5.52. The van der Waals surface area contributed by atoms with Crippen molar-refractivity contribution >= 4 is 45.6 Å². The van der Waals surface area contributed by atoms with Crippen LogP contribution in [0, 0.1) is 0 Å². The van der Waals surface area contributed by atoms with E-state index in [1.807, 2.05) is 87.5 Å². The van der Waals surface area contributed by atoms with Crippen LogP contribution in [0.25, 0.3) is 16.3 Å². The van der Waals surface area contributed by atoms with Crippen LogP contribution in [0.1, 0.15) is 26.3 Å². The molecular formula is C25H23NO3S. The summed E-state index contributed by atoms with van der Waals surface area (Å²) in [5, 5.41) is 2.04. The minimum Gasteiger partial charge on any atom is -0.494 e. The summed E-state index contributed by atoms with van der Waals surface area (Å²) in [6.07, 6.45) is 0. The lowest BCUT2D eigenvalue weighted by Gasteiger charge is -2.18. The molecule has 1 heterocycles. The van der Waals surface area contributed by atoms with Crippen molar-refractivity contribution in [3.63, 3.8) is 0 Å². The molecule has 3 aromatic rings. The molecule has 0 fully saturated rings. The smallest absolute Gasteiger partial charge is 0.272 e. The fourth-order valence-electron chi connectivity index (χ4n) is 3.62. The van der Waals surface area contributed by atoms with Crippen LogP contribution in [0.15, 0.2) is 71.6 Å². The molecule has 0 N–H and O–H groups in total. The number of ether oxygens (including phenoxy) is 1. The van der Waals surface area contributed by atoms with E-state index in [-0.39, 0.29) is 17.1 Å². The third kappa shape index (κ3) is 3.61. The van der Waals surface area contributed by atoms with E-state index in [9.17, 15) is 9.59 Å². The summed E-state index contributed by atoms with van der Waals surface area (Å²) >= 11 is 1.43. The largest absolute Gasteiger partial charge is 0.494 e. The second kappa shape index (κ2) is 8.36. The maximum Gasteiger partial charge on any atom is 0.272 e. The molecule has 0 unspecified atom stereocenters. The van der Waals surface area contributed by atoms with Crippen LogP contribution in [0.4, 0.5) is 5.69 Å². The monoisotopic (exact) mass is 417 g/mol. The average molecular weight is 418 g/mol. The zero-order valence-corrected chi connectivity index (χ0v) is 18.0. The zero-order chi connectivity index (χ0) is 21.3. The molecular weight excluding hydrogens is 394 g/mol. The Hall–Kier alpha value is -3.05. The van der Waals surface area contributed by atoms with Gasteiger partial charge in [-0.05, 0) is 36.1 Å². The Bertz CT molecular complexity index is 1140. The van der Waals surface area contributed by atoms with Gasteiger partial charge in [-0.2, -0.15) is 0 Å². The summed E-state index contributed by atoms with van der Waals surface area (Å²) in [5.74, 6) is 0.185. The Morgan fingerprint density at radius 1 is 0.900 bits per heavy atom. The highest BCUT2D eigenvalue weighted by atomic mass is 32.2. The van der Waals surface area contributed by atoms with Crippen molar-refractivity contribution in [2.24, 2.45) is 0 Å². The summed E-state index contributed by atoms with van der Waals surface area (Å²) in [6, 6.07) is 20.8. The number of rotatable bonds is 6. The Morgan fingerprint density at radius 3 is 2.30 bits per heavy atom. The van der Waals surface area contributed by atoms with Crippen molar-refractivity contribution in [3.8, 4) is 5.75 Å². The van der Waals surface area contributed by atoms with E-state index >= 15 is 0 Å². The van der Waals surface area contributed by atoms with Crippen LogP contribution in [0.3, 0.4) is 0 Å². The minimum atomic E-state index is -0.288. The van der Waals surface area contributed by atoms with E-state index in [4.69, 9.17) is 4.74 Å². The molecule has 0 saturated carbocycles. The third-order valence-electron chi connectivity index (χ3n) is 4.86. The van der Waals surface area contributed by atoms with Crippen LogP contribution in [0.2, 0.25) is 0 Å². The lowest BCUT2D eigenvalue weighted by atomic mass is 10.1. The number of carbonyl (C=O) groups excluding carboxylic acids is 2. The second-order valence-corrected chi connectivity index (χ2v) is 8.86. The molecule has 30 heavy (non-hydrogen) atoms. The molecule has 4 nitrogen and oxygen atoms in total. The fourth-order valence-corrected chi connectivity index (χ4v) is 4.60. The van der Waals surface area contributed by atoms with Crippen molar-refractivity contribution < 1.29 is 14.3 Å². The first-order valence-electron chi connectivity index (χ1n) is 10.0. The Balaban J connectivity index is 1.82. The predicted octanol–water partition coefficient (Wildman–Crippen LogP) is 5.66. The van der Waals surface area contributed by atoms with Gasteiger partial charge in [0.25, 0.3) is 11.8 Å². The average Bonchev–Trinajstić information content (AvgIpc) is 2.97. The molecule has 0 radical (unpaired) electrons. The maximum absolute atomic E-state index is 13.6. The van der Waals surface area contributed by atoms with Gasteiger partial charge in [-0.15, -0.1) is 11.8 Å². The highest BCUT2D eigenvalue weighted by Crippen LogP contribution is 2.41. The van der Waals surface area contributed by atoms with E-state index in [0.29, 0.717) is 22.8 Å². The molecule has 0 spiro atoms. The first-order chi connectivity index (χ1) is 14.5. The van der Waals surface area contributed by atoms with Crippen LogP contribution in [0.5, 0.6) is 5.75 Å². The highest BCUT2D eigenvalue weighted by Gasteiger charge is 2.41. The van der Waals surface area contributed by atoms with E-state index in [1.54, 1.807) is 0 Å². The van der Waals surface area contributed by atoms with Gasteiger partial charge in [0.1, 0.15) is 5.75 Å². The minimum absolute atomic E-state index is 0.168. The SMILES string of the molecule is CCOc1ccc(C2=C(SC(C)C)C(=O)N(c3cccc4ccccc34)C2=O)cc1. The summed E-state index contributed by atoms with van der Waals surface area (Å²) in [4.78, 5) is 28.8. The third-order valence-corrected chi connectivity index (χ3v) is 5.94. The Kier molecular flexibility index (Phi) is 5.64. The van der Waals surface area contributed by atoms with E-state index < -0.39 is 0 Å². The van der Waals surface area contributed by atoms with E-state index in [1.165, 1.54) is 16.7 Å². The van der Waals surface area contributed by atoms with Gasteiger partial charge in [-0.3, -0.25) is 9.59 Å². The van der Waals surface area contributed by atoms with Gasteiger partial charge in [-0.1, -0.05) is 62.4 Å². The number of hydrogen-bond acceptors (Lipinski definition) is 4. The summed E-state index contributed by atoms with van der Waals surface area (Å²) in [6.45, 7) is 6.54. The molecule has 152 valence electrons. The lowest BCUT2D eigenvalue weighted by molar-refractivity contribution is -0.119. The standard InChI is InChI=1S/C25H23NO3S/c1-4-29-19-14-12-18(13-15-19)22-23(30-16(2)3)25(28)26(24(22)27)21-11-7-9-17-8-5-6-10-20(17)21/h5-16H,4H2,1-3H3. The fraction of sp³-hybridized carbons (Fsp3) is 0.200. The Labute approximate surface area is 180 Å². The number of anilines is 1. The normalized spacial score (nSPS) is 14.3. The van der Waals surface area contributed by atoms with Gasteiger partial charge in [0, 0.05) is 10.6 Å². The maximum atomic E-state index is 13.6. The number of benzene rings is 3. The van der Waals surface area contributed by atoms with Crippen LogP contribution >= 0.6 is 11.8 Å². The van der Waals surface area contributed by atoms with Gasteiger partial charge < -0.3 is 4.74 Å². The quantitative estimate of drug-likeness (QED) is 0.485. The molecule has 5 heteroatoms. The van der Waals surface area contributed by atoms with Crippen molar-refractivity contribution in [3.05, 3.63) is 77.2 Å². The first-order valence-corrected chi connectivity index (χ1v) is 10.9. The topological polar surface area (TPSA) is 46.6 Å². The number of amides is 2. The molecule has 0 aromatic heterocycles. The molecule has 3 aromatic carbocycles. The number of hydrogen-bond donors (Lipinski definition) is 0. The van der Waals surface area contributed by atoms with Gasteiger partial charge in [0.05, 0.1) is 22.8 Å². The highest BCUT2D eigenvalue weighted by molar-refractivity contribution is 8.04. The summed E-state index contributed by atoms with van der Waals surface area (Å²) in [5.41, 5.74) is 1.79. The predicted molar refractivity (Wildman–Crippen MR) is 124 cm³/mol. The molecule has 0 saturated heterocycles. The number of nitrogens with zero attached hydrogens (tertiary/aromatic N) is 1. The zero-order valence-electron chi connectivity index (χ0n) is 17.2. The molecule has 4 rings (SSSR count). The van der Waals surface area contributed by atoms with Gasteiger partial charge in [0.2, 0.25) is 0 Å².